The van der Waals surface area contributed by atoms with Crippen LogP contribution < -0.4 is 10.2 Å². The Kier molecular flexibility index (Phi) is 2.71. The summed E-state index contributed by atoms with van der Waals surface area (Å²) in [4.78, 5) is 6.41. The molecule has 1 aromatic rings. The molecule has 80 valence electrons. The van der Waals surface area contributed by atoms with Gasteiger partial charge in [0.25, 0.3) is 0 Å². The quantitative estimate of drug-likeness (QED) is 0.788. The zero-order chi connectivity index (χ0) is 10.7. The van der Waals surface area contributed by atoms with Gasteiger partial charge in [-0.25, -0.2) is 4.98 Å². The fraction of sp³-hybridized carbons (Fsp3) is 0.400. The molecule has 1 N–H and O–H groups in total. The minimum Gasteiger partial charge on any atom is -0.495 e. The molecule has 0 radical (unpaired) electrons. The highest BCUT2D eigenvalue weighted by Crippen LogP contribution is 2.11. The van der Waals surface area contributed by atoms with Crippen molar-refractivity contribution in [1.29, 1.82) is 0 Å². The Morgan fingerprint density at radius 1 is 1.53 bits per heavy atom. The van der Waals surface area contributed by atoms with Gasteiger partial charge in [-0.05, 0) is 19.1 Å². The second-order valence-electron chi connectivity index (χ2n) is 3.19. The molecule has 1 aromatic heterocycles. The van der Waals surface area contributed by atoms with Crippen LogP contribution in [0.25, 0.3) is 0 Å². The topological polar surface area (TPSA) is 49.8 Å². The van der Waals surface area contributed by atoms with E-state index in [4.69, 9.17) is 4.74 Å². The fourth-order valence-corrected chi connectivity index (χ4v) is 1.46. The predicted octanol–water partition coefficient (Wildman–Crippen LogP) is 0.634. The number of hydrogen-bond acceptors (Lipinski definition) is 5. The number of pyridine rings is 1. The Labute approximate surface area is 88.8 Å². The maximum absolute atomic E-state index is 5.05. The van der Waals surface area contributed by atoms with Gasteiger partial charge in [0, 0.05) is 6.54 Å². The summed E-state index contributed by atoms with van der Waals surface area (Å²) >= 11 is 0. The SMILES string of the molecule is CCN1CNN=C1c1ccc(OC)cn1. The lowest BCUT2D eigenvalue weighted by molar-refractivity contribution is 0.412. The number of nitrogens with one attached hydrogen (secondary N) is 1. The smallest absolute Gasteiger partial charge is 0.175 e. The molecule has 15 heavy (non-hydrogen) atoms. The van der Waals surface area contributed by atoms with Crippen molar-refractivity contribution >= 4 is 5.84 Å². The van der Waals surface area contributed by atoms with Crippen LogP contribution in [-0.4, -0.2) is 36.0 Å². The Morgan fingerprint density at radius 2 is 2.40 bits per heavy atom. The van der Waals surface area contributed by atoms with Crippen molar-refractivity contribution in [2.24, 2.45) is 5.10 Å². The van der Waals surface area contributed by atoms with Gasteiger partial charge in [0.1, 0.15) is 18.1 Å². The lowest BCUT2D eigenvalue weighted by atomic mass is 10.3. The third kappa shape index (κ3) is 1.86. The average Bonchev–Trinajstić information content (AvgIpc) is 2.77. The average molecular weight is 206 g/mol. The molecular formula is C10H14N4O. The van der Waals surface area contributed by atoms with E-state index in [1.54, 1.807) is 13.3 Å². The van der Waals surface area contributed by atoms with Crippen molar-refractivity contribution in [1.82, 2.24) is 15.3 Å². The van der Waals surface area contributed by atoms with E-state index in [1.165, 1.54) is 0 Å². The van der Waals surface area contributed by atoms with Gasteiger partial charge in [0.05, 0.1) is 13.3 Å². The molecular weight excluding hydrogens is 192 g/mol. The predicted molar refractivity (Wildman–Crippen MR) is 57.7 cm³/mol. The molecule has 2 heterocycles. The molecule has 0 unspecified atom stereocenters. The largest absolute Gasteiger partial charge is 0.495 e. The van der Waals surface area contributed by atoms with E-state index in [2.05, 4.69) is 27.3 Å². The molecule has 0 bridgehead atoms. The Morgan fingerprint density at radius 3 is 3.00 bits per heavy atom. The number of rotatable bonds is 3. The minimum atomic E-state index is 0.750. The van der Waals surface area contributed by atoms with Crippen molar-refractivity contribution < 1.29 is 4.74 Å². The number of methoxy groups -OCH3 is 1. The van der Waals surface area contributed by atoms with E-state index in [1.807, 2.05) is 12.1 Å². The van der Waals surface area contributed by atoms with E-state index in [0.29, 0.717) is 0 Å². The van der Waals surface area contributed by atoms with E-state index in [9.17, 15) is 0 Å². The van der Waals surface area contributed by atoms with Crippen LogP contribution in [0.15, 0.2) is 23.4 Å². The van der Waals surface area contributed by atoms with Gasteiger partial charge in [-0.15, -0.1) is 0 Å². The maximum Gasteiger partial charge on any atom is 0.175 e. The van der Waals surface area contributed by atoms with Crippen molar-refractivity contribution in [3.63, 3.8) is 0 Å². The molecule has 0 amide bonds. The van der Waals surface area contributed by atoms with Crippen molar-refractivity contribution in [3.8, 4) is 5.75 Å². The molecule has 0 aliphatic carbocycles. The summed E-state index contributed by atoms with van der Waals surface area (Å²) in [7, 11) is 1.63. The molecule has 0 fully saturated rings. The number of nitrogens with zero attached hydrogens (tertiary/aromatic N) is 3. The zero-order valence-electron chi connectivity index (χ0n) is 8.90. The first-order chi connectivity index (χ1) is 7.35. The maximum atomic E-state index is 5.05. The summed E-state index contributed by atoms with van der Waals surface area (Å²) in [6, 6.07) is 3.80. The number of amidine groups is 1. The standard InChI is InChI=1S/C10H14N4O/c1-3-14-7-12-13-10(14)9-5-4-8(15-2)6-11-9/h4-6,12H,3,7H2,1-2H3. The molecule has 0 aromatic carbocycles. The Hall–Kier alpha value is -1.78. The lowest BCUT2D eigenvalue weighted by Gasteiger charge is -2.15. The molecule has 1 aliphatic heterocycles. The molecule has 0 saturated heterocycles. The normalized spacial score (nSPS) is 14.8. The highest BCUT2D eigenvalue weighted by atomic mass is 16.5. The van der Waals surface area contributed by atoms with Gasteiger partial charge in [-0.2, -0.15) is 5.10 Å². The van der Waals surface area contributed by atoms with Crippen LogP contribution in [0.3, 0.4) is 0 Å². The molecule has 0 spiro atoms. The van der Waals surface area contributed by atoms with E-state index >= 15 is 0 Å². The molecule has 2 rings (SSSR count). The minimum absolute atomic E-state index is 0.750. The van der Waals surface area contributed by atoms with E-state index in [-0.39, 0.29) is 0 Å². The number of hydrazone groups is 1. The van der Waals surface area contributed by atoms with Crippen LogP contribution in [0.5, 0.6) is 5.75 Å². The first kappa shape index (κ1) is 9.76. The summed E-state index contributed by atoms with van der Waals surface area (Å²) in [6.45, 7) is 3.76. The molecule has 5 nitrogen and oxygen atoms in total. The summed E-state index contributed by atoms with van der Waals surface area (Å²) < 4.78 is 5.05. The number of hydrogen-bond donors (Lipinski definition) is 1. The van der Waals surface area contributed by atoms with Gasteiger partial charge in [-0.1, -0.05) is 0 Å². The monoisotopic (exact) mass is 206 g/mol. The number of ether oxygens (including phenoxy) is 1. The summed E-state index contributed by atoms with van der Waals surface area (Å²) in [5, 5.41) is 4.20. The summed E-state index contributed by atoms with van der Waals surface area (Å²) in [6.07, 6.45) is 1.70. The van der Waals surface area contributed by atoms with Gasteiger partial charge in [0.15, 0.2) is 5.84 Å². The van der Waals surface area contributed by atoms with Gasteiger partial charge >= 0.3 is 0 Å². The third-order valence-corrected chi connectivity index (χ3v) is 2.33. The second kappa shape index (κ2) is 4.16. The third-order valence-electron chi connectivity index (χ3n) is 2.33. The highest BCUT2D eigenvalue weighted by Gasteiger charge is 2.17. The van der Waals surface area contributed by atoms with Gasteiger partial charge in [-0.3, -0.25) is 5.43 Å². The van der Waals surface area contributed by atoms with Crippen molar-refractivity contribution in [2.45, 2.75) is 6.92 Å². The lowest BCUT2D eigenvalue weighted by Crippen LogP contribution is -2.30. The fourth-order valence-electron chi connectivity index (χ4n) is 1.46. The zero-order valence-corrected chi connectivity index (χ0v) is 8.90. The van der Waals surface area contributed by atoms with Crippen LogP contribution in [-0.2, 0) is 0 Å². The Bertz CT molecular complexity index is 360. The molecule has 0 atom stereocenters. The van der Waals surface area contributed by atoms with Crippen LogP contribution in [0.2, 0.25) is 0 Å². The van der Waals surface area contributed by atoms with Crippen molar-refractivity contribution in [2.75, 3.05) is 20.3 Å². The number of aromatic nitrogens is 1. The second-order valence-corrected chi connectivity index (χ2v) is 3.19. The van der Waals surface area contributed by atoms with Crippen LogP contribution in [0, 0.1) is 0 Å². The van der Waals surface area contributed by atoms with E-state index in [0.717, 1.165) is 30.5 Å². The Balaban J connectivity index is 2.22. The molecule has 5 heteroatoms. The van der Waals surface area contributed by atoms with Crippen LogP contribution in [0.4, 0.5) is 0 Å². The van der Waals surface area contributed by atoms with E-state index < -0.39 is 0 Å². The first-order valence-electron chi connectivity index (χ1n) is 4.91. The first-order valence-corrected chi connectivity index (χ1v) is 4.91. The van der Waals surface area contributed by atoms with Crippen LogP contribution >= 0.6 is 0 Å². The molecule has 1 aliphatic rings. The van der Waals surface area contributed by atoms with Crippen molar-refractivity contribution in [3.05, 3.63) is 24.0 Å². The van der Waals surface area contributed by atoms with Gasteiger partial charge < -0.3 is 9.64 Å². The van der Waals surface area contributed by atoms with Gasteiger partial charge in [0.2, 0.25) is 0 Å². The highest BCUT2D eigenvalue weighted by molar-refractivity contribution is 5.97. The summed E-state index contributed by atoms with van der Waals surface area (Å²) in [5.41, 5.74) is 3.81. The molecule has 0 saturated carbocycles. The van der Waals surface area contributed by atoms with Crippen LogP contribution in [0.1, 0.15) is 12.6 Å². The summed E-state index contributed by atoms with van der Waals surface area (Å²) in [5.74, 6) is 1.65.